The molecule has 2 aliphatic rings. The highest BCUT2D eigenvalue weighted by Gasteiger charge is 2.44. The van der Waals surface area contributed by atoms with Crippen molar-refractivity contribution in [1.29, 1.82) is 0 Å². The molecule has 7 nitrogen and oxygen atoms in total. The van der Waals surface area contributed by atoms with Crippen LogP contribution in [0.3, 0.4) is 0 Å². The average Bonchev–Trinajstić information content (AvgIpc) is 3.26. The fourth-order valence-electron chi connectivity index (χ4n) is 5.01. The Morgan fingerprint density at radius 2 is 1.62 bits per heavy atom. The van der Waals surface area contributed by atoms with Crippen molar-refractivity contribution >= 4 is 40.3 Å². The van der Waals surface area contributed by atoms with Crippen LogP contribution in [0.15, 0.2) is 78.9 Å². The van der Waals surface area contributed by atoms with Crippen molar-refractivity contribution in [3.63, 3.8) is 0 Å². The smallest absolute Gasteiger partial charge is 0.327 e. The molecule has 0 saturated heterocycles. The highest BCUT2D eigenvalue weighted by molar-refractivity contribution is 8.15. The summed E-state index contributed by atoms with van der Waals surface area (Å²) in [6.45, 7) is 0. The van der Waals surface area contributed by atoms with E-state index in [4.69, 9.17) is 0 Å². The average molecular weight is 515 g/mol. The molecule has 3 atom stereocenters. The number of aliphatic carboxylic acids is 1. The highest BCUT2D eigenvalue weighted by atomic mass is 32.2. The second-order valence-electron chi connectivity index (χ2n) is 9.24. The van der Waals surface area contributed by atoms with Gasteiger partial charge in [-0.2, -0.15) is 0 Å². The summed E-state index contributed by atoms with van der Waals surface area (Å²) in [6, 6.07) is 21.9. The number of nitrogens with zero attached hydrogens (tertiary/aromatic N) is 1. The number of carbonyl (C=O) groups excluding carboxylic acids is 3. The number of nitrogens with one attached hydrogen (secondary N) is 1. The number of carboxylic acid groups (broad SMARTS) is 1. The van der Waals surface area contributed by atoms with E-state index in [-0.39, 0.29) is 11.5 Å². The molecule has 0 spiro atoms. The SMILES string of the molecule is O=C(S[C@@H](Cc1ccccc1)C(=O)NC1CCc2cccc3c2N(C1=O)[C@H](C(=O)O)C3)c1ccccc1. The summed E-state index contributed by atoms with van der Waals surface area (Å²) in [5.74, 6) is -1.93. The molecule has 2 N–H and O–H groups in total. The van der Waals surface area contributed by atoms with Gasteiger partial charge in [-0.05, 0) is 36.0 Å². The van der Waals surface area contributed by atoms with Gasteiger partial charge in [0.25, 0.3) is 0 Å². The fourth-order valence-corrected chi connectivity index (χ4v) is 6.00. The molecule has 0 aliphatic carbocycles. The summed E-state index contributed by atoms with van der Waals surface area (Å²) in [5.41, 5.74) is 3.78. The molecule has 0 bridgehead atoms. The number of para-hydroxylation sites is 1. The molecule has 8 heteroatoms. The van der Waals surface area contributed by atoms with E-state index in [2.05, 4.69) is 5.32 Å². The summed E-state index contributed by atoms with van der Waals surface area (Å²) in [5, 5.41) is 11.7. The van der Waals surface area contributed by atoms with Crippen molar-refractivity contribution in [3.05, 3.63) is 101 Å². The molecule has 3 aromatic carbocycles. The maximum atomic E-state index is 13.6. The van der Waals surface area contributed by atoms with Gasteiger partial charge < -0.3 is 10.4 Å². The van der Waals surface area contributed by atoms with E-state index in [1.54, 1.807) is 24.3 Å². The van der Waals surface area contributed by atoms with Crippen LogP contribution in [0.25, 0.3) is 0 Å². The molecule has 0 fully saturated rings. The molecule has 1 unspecified atom stereocenters. The van der Waals surface area contributed by atoms with Crippen molar-refractivity contribution in [3.8, 4) is 0 Å². The Bertz CT molecular complexity index is 1340. The van der Waals surface area contributed by atoms with Crippen LogP contribution in [-0.2, 0) is 33.6 Å². The van der Waals surface area contributed by atoms with Crippen LogP contribution < -0.4 is 10.2 Å². The minimum absolute atomic E-state index is 0.230. The van der Waals surface area contributed by atoms with Crippen LogP contribution in [0.5, 0.6) is 0 Å². The number of rotatable bonds is 7. The number of benzene rings is 3. The summed E-state index contributed by atoms with van der Waals surface area (Å²) in [7, 11) is 0. The van der Waals surface area contributed by atoms with Crippen LogP contribution in [0.2, 0.25) is 0 Å². The molecule has 37 heavy (non-hydrogen) atoms. The zero-order chi connectivity index (χ0) is 25.9. The van der Waals surface area contributed by atoms with Gasteiger partial charge in [0.2, 0.25) is 16.9 Å². The predicted octanol–water partition coefficient (Wildman–Crippen LogP) is 3.64. The Balaban J connectivity index is 1.39. The monoisotopic (exact) mass is 514 g/mol. The number of carbonyl (C=O) groups is 4. The summed E-state index contributed by atoms with van der Waals surface area (Å²) >= 11 is 0.935. The summed E-state index contributed by atoms with van der Waals surface area (Å²) < 4.78 is 0. The van der Waals surface area contributed by atoms with Gasteiger partial charge in [-0.25, -0.2) is 4.79 Å². The van der Waals surface area contributed by atoms with Crippen molar-refractivity contribution in [2.24, 2.45) is 0 Å². The van der Waals surface area contributed by atoms with Crippen molar-refractivity contribution < 1.29 is 24.3 Å². The zero-order valence-corrected chi connectivity index (χ0v) is 20.8. The Morgan fingerprint density at radius 3 is 2.32 bits per heavy atom. The zero-order valence-electron chi connectivity index (χ0n) is 20.0. The predicted molar refractivity (Wildman–Crippen MR) is 142 cm³/mol. The molecular weight excluding hydrogens is 488 g/mol. The Hall–Kier alpha value is -3.91. The van der Waals surface area contributed by atoms with Crippen LogP contribution in [0, 0.1) is 0 Å². The first kappa shape index (κ1) is 24.8. The van der Waals surface area contributed by atoms with Crippen molar-refractivity contribution in [1.82, 2.24) is 5.32 Å². The first-order valence-corrected chi connectivity index (χ1v) is 13.1. The van der Waals surface area contributed by atoms with Crippen LogP contribution in [0.1, 0.15) is 33.5 Å². The largest absolute Gasteiger partial charge is 0.480 e. The normalized spacial score (nSPS) is 19.0. The number of carboxylic acids is 1. The maximum Gasteiger partial charge on any atom is 0.327 e. The van der Waals surface area contributed by atoms with Gasteiger partial charge in [-0.15, -0.1) is 0 Å². The third-order valence-electron chi connectivity index (χ3n) is 6.82. The van der Waals surface area contributed by atoms with Crippen LogP contribution in [-0.4, -0.2) is 45.3 Å². The van der Waals surface area contributed by atoms with Gasteiger partial charge in [0.05, 0.1) is 10.9 Å². The minimum Gasteiger partial charge on any atom is -0.480 e. The number of hydrogen-bond donors (Lipinski definition) is 2. The van der Waals surface area contributed by atoms with E-state index in [1.165, 1.54) is 4.90 Å². The Labute approximate surface area is 218 Å². The molecule has 2 aliphatic heterocycles. The molecule has 5 rings (SSSR count). The third kappa shape index (κ3) is 5.15. The second kappa shape index (κ2) is 10.6. The quantitative estimate of drug-likeness (QED) is 0.499. The minimum atomic E-state index is -1.08. The van der Waals surface area contributed by atoms with Gasteiger partial charge >= 0.3 is 5.97 Å². The molecule has 0 radical (unpaired) electrons. The van der Waals surface area contributed by atoms with Crippen LogP contribution in [0.4, 0.5) is 5.69 Å². The summed E-state index contributed by atoms with van der Waals surface area (Å²) in [4.78, 5) is 53.5. The lowest BCUT2D eigenvalue weighted by Gasteiger charge is -2.27. The number of thioether (sulfide) groups is 1. The number of amides is 2. The number of anilines is 1. The van der Waals surface area contributed by atoms with E-state index < -0.39 is 35.1 Å². The Kier molecular flexibility index (Phi) is 7.10. The Morgan fingerprint density at radius 1 is 0.946 bits per heavy atom. The lowest BCUT2D eigenvalue weighted by molar-refractivity contribution is -0.140. The van der Waals surface area contributed by atoms with E-state index in [9.17, 15) is 24.3 Å². The van der Waals surface area contributed by atoms with Gasteiger partial charge in [0, 0.05) is 12.0 Å². The van der Waals surface area contributed by atoms with E-state index in [0.717, 1.165) is 28.5 Å². The fraction of sp³-hybridized carbons (Fsp3) is 0.241. The van der Waals surface area contributed by atoms with Gasteiger partial charge in [0.15, 0.2) is 0 Å². The molecule has 0 aromatic heterocycles. The lowest BCUT2D eigenvalue weighted by atomic mass is 10.0. The van der Waals surface area contributed by atoms with E-state index in [1.807, 2.05) is 54.6 Å². The van der Waals surface area contributed by atoms with Gasteiger partial charge in [-0.1, -0.05) is 90.6 Å². The van der Waals surface area contributed by atoms with E-state index in [0.29, 0.717) is 30.5 Å². The number of aryl methyl sites for hydroxylation is 1. The first-order valence-electron chi connectivity index (χ1n) is 12.2. The van der Waals surface area contributed by atoms with Gasteiger partial charge in [-0.3, -0.25) is 19.3 Å². The lowest BCUT2D eigenvalue weighted by Crippen LogP contribution is -2.53. The molecule has 2 heterocycles. The standard InChI is InChI=1S/C29H26N2O5S/c32-26(24(16-18-8-3-1-4-9-18)37-29(36)20-10-5-2-6-11-20)30-22-15-14-19-12-7-13-21-17-23(28(34)35)31(25(19)21)27(22)33/h1-13,22-24H,14-17H2,(H,30,32)(H,34,35)/t22?,23-,24-/m0/s1. The van der Waals surface area contributed by atoms with Gasteiger partial charge in [0.1, 0.15) is 12.1 Å². The van der Waals surface area contributed by atoms with Crippen LogP contribution >= 0.6 is 11.8 Å². The second-order valence-corrected chi connectivity index (χ2v) is 10.4. The molecule has 2 amide bonds. The first-order chi connectivity index (χ1) is 17.9. The molecule has 0 saturated carbocycles. The topological polar surface area (TPSA) is 104 Å². The molecule has 188 valence electrons. The molecular formula is C29H26N2O5S. The van der Waals surface area contributed by atoms with Crippen molar-refractivity contribution in [2.45, 2.75) is 43.0 Å². The number of hydrogen-bond acceptors (Lipinski definition) is 5. The third-order valence-corrected chi connectivity index (χ3v) is 7.94. The summed E-state index contributed by atoms with van der Waals surface area (Å²) in [6.07, 6.45) is 1.42. The maximum absolute atomic E-state index is 13.6. The molecule has 3 aromatic rings. The highest BCUT2D eigenvalue weighted by Crippen LogP contribution is 2.39. The van der Waals surface area contributed by atoms with Crippen molar-refractivity contribution in [2.75, 3.05) is 4.90 Å². The van der Waals surface area contributed by atoms with E-state index >= 15 is 0 Å².